The Bertz CT molecular complexity index is 907. The molecular formula is C20H18N2O. The molecule has 0 bridgehead atoms. The number of nitrogens with zero attached hydrogens (tertiary/aromatic N) is 2. The largest absolute Gasteiger partial charge is 0.268 e. The van der Waals surface area contributed by atoms with Gasteiger partial charge in [0.05, 0.1) is 11.3 Å². The Morgan fingerprint density at radius 1 is 1.04 bits per heavy atom. The highest BCUT2D eigenvalue weighted by Crippen LogP contribution is 2.20. The number of hydrogen-bond acceptors (Lipinski definition) is 2. The highest BCUT2D eigenvalue weighted by Gasteiger charge is 2.14. The molecule has 0 saturated carbocycles. The van der Waals surface area contributed by atoms with Gasteiger partial charge in [-0.2, -0.15) is 0 Å². The Labute approximate surface area is 135 Å². The summed E-state index contributed by atoms with van der Waals surface area (Å²) in [5.41, 5.74) is 3.99. The van der Waals surface area contributed by atoms with E-state index >= 15 is 0 Å². The van der Waals surface area contributed by atoms with Gasteiger partial charge in [-0.25, -0.2) is 4.98 Å². The van der Waals surface area contributed by atoms with Crippen LogP contribution in [0, 0.1) is 6.92 Å². The molecule has 0 N–H and O–H groups in total. The first-order valence-corrected chi connectivity index (χ1v) is 7.48. The summed E-state index contributed by atoms with van der Waals surface area (Å²) in [6.07, 6.45) is 1.61. The molecule has 0 aliphatic rings. The van der Waals surface area contributed by atoms with Gasteiger partial charge in [0.25, 0.3) is 5.56 Å². The normalized spacial score (nSPS) is 10.5. The Balaban J connectivity index is 2.33. The highest BCUT2D eigenvalue weighted by molar-refractivity contribution is 5.64. The molecule has 114 valence electrons. The minimum Gasteiger partial charge on any atom is -0.268 e. The van der Waals surface area contributed by atoms with Crippen molar-refractivity contribution in [2.75, 3.05) is 0 Å². The Hall–Kier alpha value is -2.94. The van der Waals surface area contributed by atoms with Crippen LogP contribution in [0.1, 0.15) is 18.1 Å². The first kappa shape index (κ1) is 15.0. The molecule has 0 aliphatic carbocycles. The molecule has 0 unspecified atom stereocenters. The fraction of sp³-hybridized carbons (Fsp3) is 0.100. The number of benzene rings is 2. The monoisotopic (exact) mass is 302 g/mol. The van der Waals surface area contributed by atoms with Gasteiger partial charge in [-0.05, 0) is 31.6 Å². The summed E-state index contributed by atoms with van der Waals surface area (Å²) in [6.45, 7) is 7.72. The second kappa shape index (κ2) is 6.05. The van der Waals surface area contributed by atoms with E-state index in [0.717, 1.165) is 16.8 Å². The van der Waals surface area contributed by atoms with E-state index in [1.54, 1.807) is 10.8 Å². The summed E-state index contributed by atoms with van der Waals surface area (Å²) in [5.74, 6) is 0.629. The number of allylic oxidation sites excluding steroid dienone is 1. The van der Waals surface area contributed by atoms with Crippen LogP contribution < -0.4 is 5.56 Å². The lowest BCUT2D eigenvalue weighted by molar-refractivity contribution is 0.940. The molecule has 1 aromatic heterocycles. The maximum Gasteiger partial charge on any atom is 0.265 e. The maximum absolute atomic E-state index is 13.0. The molecule has 0 aliphatic heterocycles. The van der Waals surface area contributed by atoms with E-state index < -0.39 is 0 Å². The first-order valence-electron chi connectivity index (χ1n) is 7.48. The van der Waals surface area contributed by atoms with Gasteiger partial charge in [0.1, 0.15) is 5.82 Å². The number of rotatable bonds is 3. The molecule has 0 saturated heterocycles. The van der Waals surface area contributed by atoms with Crippen molar-refractivity contribution >= 4 is 5.57 Å². The van der Waals surface area contributed by atoms with Crippen molar-refractivity contribution in [3.05, 3.63) is 88.9 Å². The van der Waals surface area contributed by atoms with Gasteiger partial charge < -0.3 is 0 Å². The van der Waals surface area contributed by atoms with E-state index in [1.165, 1.54) is 0 Å². The second-order valence-electron chi connectivity index (χ2n) is 5.62. The molecule has 3 heteroatoms. The molecule has 0 spiro atoms. The van der Waals surface area contributed by atoms with Crippen LogP contribution in [0.2, 0.25) is 0 Å². The molecule has 3 aromatic rings. The van der Waals surface area contributed by atoms with Crippen LogP contribution in [-0.4, -0.2) is 9.55 Å². The average Bonchev–Trinajstić information content (AvgIpc) is 2.56. The molecule has 1 heterocycles. The molecule has 0 radical (unpaired) electrons. The zero-order chi connectivity index (χ0) is 16.4. The second-order valence-corrected chi connectivity index (χ2v) is 5.62. The fourth-order valence-electron chi connectivity index (χ4n) is 2.47. The van der Waals surface area contributed by atoms with Crippen molar-refractivity contribution in [3.63, 3.8) is 0 Å². The predicted molar refractivity (Wildman–Crippen MR) is 94.7 cm³/mol. The minimum atomic E-state index is -0.102. The highest BCUT2D eigenvalue weighted by atomic mass is 16.1. The van der Waals surface area contributed by atoms with Crippen LogP contribution in [0.15, 0.2) is 72.2 Å². The van der Waals surface area contributed by atoms with Gasteiger partial charge in [0.15, 0.2) is 0 Å². The Morgan fingerprint density at radius 2 is 1.70 bits per heavy atom. The standard InChI is InChI=1S/C20H18N2O/c1-14(2)18-13-21-19(16-7-5-4-6-8-16)22(20(18)23)17-11-9-15(3)10-12-17/h4-13H,1H2,2-3H3. The van der Waals surface area contributed by atoms with Gasteiger partial charge >= 0.3 is 0 Å². The Morgan fingerprint density at radius 3 is 2.30 bits per heavy atom. The molecule has 0 atom stereocenters. The summed E-state index contributed by atoms with van der Waals surface area (Å²) >= 11 is 0. The third kappa shape index (κ3) is 2.86. The van der Waals surface area contributed by atoms with E-state index in [2.05, 4.69) is 11.6 Å². The van der Waals surface area contributed by atoms with Crippen LogP contribution in [-0.2, 0) is 0 Å². The molecule has 3 nitrogen and oxygen atoms in total. The van der Waals surface area contributed by atoms with Crippen molar-refractivity contribution in [1.82, 2.24) is 9.55 Å². The smallest absolute Gasteiger partial charge is 0.265 e. The number of aromatic nitrogens is 2. The number of hydrogen-bond donors (Lipinski definition) is 0. The lowest BCUT2D eigenvalue weighted by atomic mass is 10.1. The molecule has 0 amide bonds. The maximum atomic E-state index is 13.0. The van der Waals surface area contributed by atoms with Crippen LogP contribution in [0.4, 0.5) is 0 Å². The first-order chi connectivity index (χ1) is 11.1. The summed E-state index contributed by atoms with van der Waals surface area (Å²) in [6, 6.07) is 17.6. The molecule has 2 aromatic carbocycles. The average molecular weight is 302 g/mol. The van der Waals surface area contributed by atoms with Crippen molar-refractivity contribution in [2.24, 2.45) is 0 Å². The minimum absolute atomic E-state index is 0.102. The van der Waals surface area contributed by atoms with E-state index in [-0.39, 0.29) is 5.56 Å². The van der Waals surface area contributed by atoms with E-state index in [0.29, 0.717) is 17.0 Å². The van der Waals surface area contributed by atoms with Crippen molar-refractivity contribution in [1.29, 1.82) is 0 Å². The topological polar surface area (TPSA) is 34.9 Å². The predicted octanol–water partition coefficient (Wildman–Crippen LogP) is 4.24. The molecular weight excluding hydrogens is 284 g/mol. The van der Waals surface area contributed by atoms with Crippen molar-refractivity contribution < 1.29 is 0 Å². The lowest BCUT2D eigenvalue weighted by Gasteiger charge is -2.14. The van der Waals surface area contributed by atoms with Gasteiger partial charge in [-0.1, -0.05) is 54.6 Å². The molecule has 3 rings (SSSR count). The third-order valence-electron chi connectivity index (χ3n) is 3.75. The quantitative estimate of drug-likeness (QED) is 0.725. The summed E-state index contributed by atoms with van der Waals surface area (Å²) in [4.78, 5) is 17.5. The number of aryl methyl sites for hydroxylation is 1. The molecule has 23 heavy (non-hydrogen) atoms. The van der Waals surface area contributed by atoms with Crippen LogP contribution in [0.3, 0.4) is 0 Å². The van der Waals surface area contributed by atoms with Gasteiger partial charge in [0, 0.05) is 11.8 Å². The van der Waals surface area contributed by atoms with Crippen molar-refractivity contribution in [2.45, 2.75) is 13.8 Å². The Kier molecular flexibility index (Phi) is 3.94. The van der Waals surface area contributed by atoms with E-state index in [4.69, 9.17) is 0 Å². The van der Waals surface area contributed by atoms with E-state index in [1.807, 2.05) is 68.4 Å². The zero-order valence-electron chi connectivity index (χ0n) is 13.3. The van der Waals surface area contributed by atoms with Gasteiger partial charge in [-0.3, -0.25) is 9.36 Å². The van der Waals surface area contributed by atoms with E-state index in [9.17, 15) is 4.79 Å². The summed E-state index contributed by atoms with van der Waals surface area (Å²) in [5, 5.41) is 0. The fourth-order valence-corrected chi connectivity index (χ4v) is 2.47. The van der Waals surface area contributed by atoms with Crippen LogP contribution >= 0.6 is 0 Å². The third-order valence-corrected chi connectivity index (χ3v) is 3.75. The SMILES string of the molecule is C=C(C)c1cnc(-c2ccccc2)n(-c2ccc(C)cc2)c1=O. The zero-order valence-corrected chi connectivity index (χ0v) is 13.3. The summed E-state index contributed by atoms with van der Waals surface area (Å²) < 4.78 is 1.65. The molecule has 0 fully saturated rings. The van der Waals surface area contributed by atoms with Crippen molar-refractivity contribution in [3.8, 4) is 17.1 Å². The van der Waals surface area contributed by atoms with Crippen LogP contribution in [0.5, 0.6) is 0 Å². The van der Waals surface area contributed by atoms with Gasteiger partial charge in [-0.15, -0.1) is 0 Å². The summed E-state index contributed by atoms with van der Waals surface area (Å²) in [7, 11) is 0. The van der Waals surface area contributed by atoms with Crippen LogP contribution in [0.25, 0.3) is 22.6 Å². The lowest BCUT2D eigenvalue weighted by Crippen LogP contribution is -2.24. The van der Waals surface area contributed by atoms with Gasteiger partial charge in [0.2, 0.25) is 0 Å².